The van der Waals surface area contributed by atoms with Crippen molar-refractivity contribution in [3.63, 3.8) is 0 Å². The van der Waals surface area contributed by atoms with Gasteiger partial charge in [-0.1, -0.05) is 33.1 Å². The van der Waals surface area contributed by atoms with Gasteiger partial charge in [0.15, 0.2) is 0 Å². The Morgan fingerprint density at radius 2 is 1.85 bits per heavy atom. The predicted molar refractivity (Wildman–Crippen MR) is 81.3 cm³/mol. The molecule has 4 heteroatoms. The van der Waals surface area contributed by atoms with Crippen LogP contribution in [0.2, 0.25) is 0 Å². The molecule has 0 bridgehead atoms. The van der Waals surface area contributed by atoms with E-state index in [1.807, 2.05) is 0 Å². The standard InChI is InChI=1S/C16H30N2O2/c1-12-8-7-9-15(13(12)2)18-16(20)10-5-4-6-11-17-14(3)19/h12-13,15H,4-11H2,1-3H3,(H,17,19)(H,18,20). The van der Waals surface area contributed by atoms with Gasteiger partial charge in [0.2, 0.25) is 11.8 Å². The fourth-order valence-corrected chi connectivity index (χ4v) is 2.92. The second kappa shape index (κ2) is 8.98. The molecule has 3 unspecified atom stereocenters. The van der Waals surface area contributed by atoms with Gasteiger partial charge in [-0.05, 0) is 31.1 Å². The fourth-order valence-electron chi connectivity index (χ4n) is 2.92. The Bertz CT molecular complexity index is 318. The summed E-state index contributed by atoms with van der Waals surface area (Å²) in [7, 11) is 0. The van der Waals surface area contributed by atoms with Gasteiger partial charge >= 0.3 is 0 Å². The summed E-state index contributed by atoms with van der Waals surface area (Å²) in [6.45, 7) is 6.78. The van der Waals surface area contributed by atoms with Crippen molar-refractivity contribution in [3.8, 4) is 0 Å². The van der Waals surface area contributed by atoms with Crippen molar-refractivity contribution in [3.05, 3.63) is 0 Å². The van der Waals surface area contributed by atoms with Gasteiger partial charge in [0, 0.05) is 25.9 Å². The molecule has 1 fully saturated rings. The van der Waals surface area contributed by atoms with E-state index in [2.05, 4.69) is 24.5 Å². The lowest BCUT2D eigenvalue weighted by molar-refractivity contribution is -0.122. The van der Waals surface area contributed by atoms with Crippen LogP contribution in [0.3, 0.4) is 0 Å². The third-order valence-electron chi connectivity index (χ3n) is 4.51. The second-order valence-electron chi connectivity index (χ2n) is 6.23. The number of hydrogen-bond acceptors (Lipinski definition) is 2. The van der Waals surface area contributed by atoms with Gasteiger partial charge in [0.25, 0.3) is 0 Å². The minimum atomic E-state index is 0.0168. The summed E-state index contributed by atoms with van der Waals surface area (Å²) in [6, 6.07) is 0.366. The third-order valence-corrected chi connectivity index (χ3v) is 4.51. The first kappa shape index (κ1) is 17.0. The minimum Gasteiger partial charge on any atom is -0.356 e. The molecule has 0 aromatic heterocycles. The van der Waals surface area contributed by atoms with Gasteiger partial charge < -0.3 is 10.6 Å². The van der Waals surface area contributed by atoms with E-state index in [1.165, 1.54) is 19.8 Å². The number of nitrogens with one attached hydrogen (secondary N) is 2. The third kappa shape index (κ3) is 6.40. The molecule has 116 valence electrons. The van der Waals surface area contributed by atoms with E-state index < -0.39 is 0 Å². The zero-order valence-electron chi connectivity index (χ0n) is 13.2. The van der Waals surface area contributed by atoms with Crippen LogP contribution in [0, 0.1) is 11.8 Å². The molecular weight excluding hydrogens is 252 g/mol. The van der Waals surface area contributed by atoms with E-state index in [1.54, 1.807) is 0 Å². The molecule has 4 nitrogen and oxygen atoms in total. The van der Waals surface area contributed by atoms with E-state index in [0.717, 1.165) is 25.7 Å². The van der Waals surface area contributed by atoms with Crippen LogP contribution >= 0.6 is 0 Å². The summed E-state index contributed by atoms with van der Waals surface area (Å²) < 4.78 is 0. The normalized spacial score (nSPS) is 26.1. The summed E-state index contributed by atoms with van der Waals surface area (Å²) in [6.07, 6.45) is 7.09. The maximum absolute atomic E-state index is 11.9. The topological polar surface area (TPSA) is 58.2 Å². The lowest BCUT2D eigenvalue weighted by Gasteiger charge is -2.34. The van der Waals surface area contributed by atoms with Gasteiger partial charge in [0.05, 0.1) is 0 Å². The molecule has 0 radical (unpaired) electrons. The highest BCUT2D eigenvalue weighted by atomic mass is 16.2. The van der Waals surface area contributed by atoms with Crippen molar-refractivity contribution in [2.24, 2.45) is 11.8 Å². The number of unbranched alkanes of at least 4 members (excludes halogenated alkanes) is 2. The fraction of sp³-hybridized carbons (Fsp3) is 0.875. The minimum absolute atomic E-state index is 0.0168. The molecule has 2 amide bonds. The maximum atomic E-state index is 11.9. The summed E-state index contributed by atoms with van der Waals surface area (Å²) in [5, 5.41) is 5.97. The zero-order valence-corrected chi connectivity index (χ0v) is 13.2. The van der Waals surface area contributed by atoms with Crippen LogP contribution in [0.15, 0.2) is 0 Å². The molecule has 1 saturated carbocycles. The average Bonchev–Trinajstić information content (AvgIpc) is 2.39. The molecule has 0 aliphatic heterocycles. The Hall–Kier alpha value is -1.06. The number of carbonyl (C=O) groups is 2. The average molecular weight is 282 g/mol. The SMILES string of the molecule is CC(=O)NCCCCCC(=O)NC1CCCC(C)C1C. The predicted octanol–water partition coefficient (Wildman–Crippen LogP) is 2.62. The van der Waals surface area contributed by atoms with Crippen LogP contribution in [0.4, 0.5) is 0 Å². The van der Waals surface area contributed by atoms with Gasteiger partial charge in [-0.2, -0.15) is 0 Å². The molecule has 0 aromatic rings. The van der Waals surface area contributed by atoms with Crippen LogP contribution in [0.25, 0.3) is 0 Å². The number of rotatable bonds is 7. The van der Waals surface area contributed by atoms with E-state index in [4.69, 9.17) is 0 Å². The summed E-state index contributed by atoms with van der Waals surface area (Å²) in [5.41, 5.74) is 0. The van der Waals surface area contributed by atoms with Crippen molar-refractivity contribution in [1.82, 2.24) is 10.6 Å². The first-order chi connectivity index (χ1) is 9.50. The molecular formula is C16H30N2O2. The Morgan fingerprint density at radius 3 is 2.55 bits per heavy atom. The van der Waals surface area contributed by atoms with Crippen molar-refractivity contribution in [2.45, 2.75) is 71.8 Å². The van der Waals surface area contributed by atoms with Crippen LogP contribution < -0.4 is 10.6 Å². The summed E-state index contributed by atoms with van der Waals surface area (Å²) >= 11 is 0. The molecule has 0 saturated heterocycles. The van der Waals surface area contributed by atoms with Crippen LogP contribution in [-0.4, -0.2) is 24.4 Å². The first-order valence-corrected chi connectivity index (χ1v) is 8.04. The summed E-state index contributed by atoms with van der Waals surface area (Å²) in [5.74, 6) is 1.51. The van der Waals surface area contributed by atoms with Crippen LogP contribution in [0.5, 0.6) is 0 Å². The highest BCUT2D eigenvalue weighted by molar-refractivity contribution is 5.76. The zero-order chi connectivity index (χ0) is 15.0. The highest BCUT2D eigenvalue weighted by Crippen LogP contribution is 2.29. The monoisotopic (exact) mass is 282 g/mol. The Balaban J connectivity index is 2.09. The smallest absolute Gasteiger partial charge is 0.220 e. The van der Waals surface area contributed by atoms with Gasteiger partial charge in [0.1, 0.15) is 0 Å². The maximum Gasteiger partial charge on any atom is 0.220 e. The lowest BCUT2D eigenvalue weighted by Crippen LogP contribution is -2.43. The molecule has 2 N–H and O–H groups in total. The van der Waals surface area contributed by atoms with E-state index in [0.29, 0.717) is 30.8 Å². The van der Waals surface area contributed by atoms with E-state index in [9.17, 15) is 9.59 Å². The molecule has 1 rings (SSSR count). The number of carbonyl (C=O) groups excluding carboxylic acids is 2. The molecule has 20 heavy (non-hydrogen) atoms. The van der Waals surface area contributed by atoms with Gasteiger partial charge in [-0.15, -0.1) is 0 Å². The first-order valence-electron chi connectivity index (χ1n) is 8.04. The molecule has 1 aliphatic carbocycles. The quantitative estimate of drug-likeness (QED) is 0.705. The Morgan fingerprint density at radius 1 is 1.10 bits per heavy atom. The van der Waals surface area contributed by atoms with E-state index in [-0.39, 0.29) is 11.8 Å². The Kier molecular flexibility index (Phi) is 7.63. The van der Waals surface area contributed by atoms with Gasteiger partial charge in [-0.3, -0.25) is 9.59 Å². The van der Waals surface area contributed by atoms with Crippen molar-refractivity contribution < 1.29 is 9.59 Å². The van der Waals surface area contributed by atoms with Crippen LogP contribution in [0.1, 0.15) is 65.7 Å². The largest absolute Gasteiger partial charge is 0.356 e. The summed E-state index contributed by atoms with van der Waals surface area (Å²) in [4.78, 5) is 22.6. The molecule has 0 heterocycles. The van der Waals surface area contributed by atoms with Crippen molar-refractivity contribution >= 4 is 11.8 Å². The second-order valence-corrected chi connectivity index (χ2v) is 6.23. The molecule has 3 atom stereocenters. The van der Waals surface area contributed by atoms with Crippen LogP contribution in [-0.2, 0) is 9.59 Å². The molecule has 0 aromatic carbocycles. The highest BCUT2D eigenvalue weighted by Gasteiger charge is 2.27. The molecule has 1 aliphatic rings. The van der Waals surface area contributed by atoms with Gasteiger partial charge in [-0.25, -0.2) is 0 Å². The number of amides is 2. The lowest BCUT2D eigenvalue weighted by atomic mass is 9.78. The van der Waals surface area contributed by atoms with Crippen molar-refractivity contribution in [1.29, 1.82) is 0 Å². The van der Waals surface area contributed by atoms with E-state index >= 15 is 0 Å². The van der Waals surface area contributed by atoms with Crippen molar-refractivity contribution in [2.75, 3.05) is 6.54 Å². The number of hydrogen-bond donors (Lipinski definition) is 2. The Labute approximate surface area is 123 Å². The molecule has 0 spiro atoms.